The molecule has 0 saturated carbocycles. The number of nitrogens with zero attached hydrogens (tertiary/aromatic N) is 1. The third-order valence-corrected chi connectivity index (χ3v) is 3.20. The fourth-order valence-electron chi connectivity index (χ4n) is 1.20. The van der Waals surface area contributed by atoms with Gasteiger partial charge in [-0.2, -0.15) is 0 Å². The van der Waals surface area contributed by atoms with Crippen LogP contribution in [0.2, 0.25) is 0 Å². The molecule has 2 heteroatoms. The molecule has 0 unspecified atom stereocenters. The molecule has 0 saturated heterocycles. The number of hydrogen-bond acceptors (Lipinski definition) is 1. The molecular weight excluding hydrogens is 166 g/mol. The Bertz CT molecular complexity index is 356. The van der Waals surface area contributed by atoms with Gasteiger partial charge in [-0.25, -0.2) is 0 Å². The highest BCUT2D eigenvalue weighted by Gasteiger charge is 2.11. The lowest BCUT2D eigenvalue weighted by molar-refractivity contribution is -0.649. The van der Waals surface area contributed by atoms with Crippen LogP contribution in [0.3, 0.4) is 0 Å². The molecule has 1 heterocycles. The van der Waals surface area contributed by atoms with Crippen molar-refractivity contribution < 1.29 is 3.96 Å². The van der Waals surface area contributed by atoms with Gasteiger partial charge < -0.3 is 0 Å². The second-order valence-corrected chi connectivity index (χ2v) is 4.26. The molecule has 62 valence electrons. The average molecular weight is 178 g/mol. The number of fused-ring (bicyclic) bond motifs is 1. The Hall–Kier alpha value is -0.890. The van der Waals surface area contributed by atoms with Crippen molar-refractivity contribution in [2.45, 2.75) is 19.9 Å². The van der Waals surface area contributed by atoms with Crippen molar-refractivity contribution in [1.29, 1.82) is 0 Å². The molecule has 0 spiro atoms. The van der Waals surface area contributed by atoms with Crippen LogP contribution in [0.1, 0.15) is 19.9 Å². The maximum Gasteiger partial charge on any atom is 0.192 e. The molecular formula is C10H12NS+. The van der Waals surface area contributed by atoms with Gasteiger partial charge in [-0.05, 0) is 26.0 Å². The van der Waals surface area contributed by atoms with Gasteiger partial charge >= 0.3 is 0 Å². The summed E-state index contributed by atoms with van der Waals surface area (Å²) in [7, 11) is 0. The first kappa shape index (κ1) is 7.74. The van der Waals surface area contributed by atoms with E-state index in [1.807, 2.05) is 11.5 Å². The first-order valence-electron chi connectivity index (χ1n) is 4.17. The van der Waals surface area contributed by atoms with E-state index in [9.17, 15) is 0 Å². The molecule has 0 aliphatic heterocycles. The van der Waals surface area contributed by atoms with Gasteiger partial charge in [0.05, 0.1) is 5.39 Å². The van der Waals surface area contributed by atoms with Gasteiger partial charge in [-0.1, -0.05) is 12.1 Å². The molecule has 1 nitrogen and oxygen atoms in total. The zero-order valence-corrected chi connectivity index (χ0v) is 8.14. The zero-order valence-electron chi connectivity index (χ0n) is 7.32. The number of benzene rings is 1. The Balaban J connectivity index is 2.62. The summed E-state index contributed by atoms with van der Waals surface area (Å²) in [5.41, 5.74) is 0. The molecule has 0 bridgehead atoms. The normalized spacial score (nSPS) is 11.2. The Morgan fingerprint density at radius 1 is 1.25 bits per heavy atom. The number of hydrogen-bond donors (Lipinski definition) is 0. The van der Waals surface area contributed by atoms with Crippen LogP contribution in [0.25, 0.3) is 10.1 Å². The quantitative estimate of drug-likeness (QED) is 0.591. The predicted octanol–water partition coefficient (Wildman–Crippen LogP) is 2.77. The molecule has 2 rings (SSSR count). The van der Waals surface area contributed by atoms with Gasteiger partial charge in [0, 0.05) is 0 Å². The summed E-state index contributed by atoms with van der Waals surface area (Å²) in [5.74, 6) is 0. The minimum atomic E-state index is 0.572. The molecule has 0 atom stereocenters. The minimum absolute atomic E-state index is 0.572. The summed E-state index contributed by atoms with van der Waals surface area (Å²) in [4.78, 5) is 0. The lowest BCUT2D eigenvalue weighted by Crippen LogP contribution is -2.29. The molecule has 1 aromatic carbocycles. The van der Waals surface area contributed by atoms with E-state index < -0.39 is 0 Å². The molecule has 0 aliphatic carbocycles. The van der Waals surface area contributed by atoms with Crippen molar-refractivity contribution in [2.75, 3.05) is 0 Å². The Morgan fingerprint density at radius 2 is 2.00 bits per heavy atom. The average Bonchev–Trinajstić information content (AvgIpc) is 2.46. The Labute approximate surface area is 76.4 Å². The minimum Gasteiger partial charge on any atom is -0.138 e. The van der Waals surface area contributed by atoms with E-state index in [1.54, 1.807) is 0 Å². The summed E-state index contributed by atoms with van der Waals surface area (Å²) in [6.45, 7) is 4.41. The number of rotatable bonds is 1. The van der Waals surface area contributed by atoms with Crippen molar-refractivity contribution >= 4 is 21.6 Å². The molecule has 0 radical (unpaired) electrons. The fourth-order valence-corrected chi connectivity index (χ4v) is 2.17. The summed E-state index contributed by atoms with van der Waals surface area (Å²) >= 11 is 1.82. The van der Waals surface area contributed by atoms with E-state index in [-0.39, 0.29) is 0 Å². The standard InChI is InChI=1S/C10H12NS/c1-8(2)11-7-9-5-3-4-6-10(9)12-11/h3-8H,1-2H3/q+1. The summed E-state index contributed by atoms with van der Waals surface area (Å²) < 4.78 is 3.65. The molecule has 0 fully saturated rings. The second kappa shape index (κ2) is 2.87. The molecule has 0 N–H and O–H groups in total. The third-order valence-electron chi connectivity index (χ3n) is 1.90. The van der Waals surface area contributed by atoms with Crippen molar-refractivity contribution in [2.24, 2.45) is 0 Å². The summed E-state index contributed by atoms with van der Waals surface area (Å²) in [5, 5.41) is 1.34. The SMILES string of the molecule is CC(C)[n+]1cc2ccccc2s1. The summed E-state index contributed by atoms with van der Waals surface area (Å²) in [6.07, 6.45) is 2.21. The Kier molecular flexibility index (Phi) is 1.85. The number of aromatic nitrogens is 1. The van der Waals surface area contributed by atoms with E-state index in [0.717, 1.165) is 0 Å². The van der Waals surface area contributed by atoms with Gasteiger partial charge in [-0.15, -0.1) is 3.96 Å². The van der Waals surface area contributed by atoms with Crippen LogP contribution in [-0.2, 0) is 0 Å². The predicted molar refractivity (Wildman–Crippen MR) is 52.4 cm³/mol. The van der Waals surface area contributed by atoms with Crippen molar-refractivity contribution in [1.82, 2.24) is 0 Å². The topological polar surface area (TPSA) is 3.88 Å². The van der Waals surface area contributed by atoms with Crippen LogP contribution in [0.4, 0.5) is 0 Å². The summed E-state index contributed by atoms with van der Waals surface area (Å²) in [6, 6.07) is 9.06. The van der Waals surface area contributed by atoms with Gasteiger partial charge in [0.1, 0.15) is 16.2 Å². The zero-order chi connectivity index (χ0) is 8.55. The highest BCUT2D eigenvalue weighted by atomic mass is 32.1. The second-order valence-electron chi connectivity index (χ2n) is 3.21. The molecule has 2 aromatic rings. The van der Waals surface area contributed by atoms with Gasteiger partial charge in [0.15, 0.2) is 12.2 Å². The molecule has 0 amide bonds. The van der Waals surface area contributed by atoms with Gasteiger partial charge in [0.25, 0.3) is 0 Å². The lowest BCUT2D eigenvalue weighted by Gasteiger charge is -1.89. The maximum absolute atomic E-state index is 2.28. The van der Waals surface area contributed by atoms with Crippen LogP contribution in [-0.4, -0.2) is 0 Å². The van der Waals surface area contributed by atoms with Crippen molar-refractivity contribution in [3.05, 3.63) is 30.5 Å². The lowest BCUT2D eigenvalue weighted by atomic mass is 10.3. The highest BCUT2D eigenvalue weighted by Crippen LogP contribution is 2.16. The highest BCUT2D eigenvalue weighted by molar-refractivity contribution is 7.09. The monoisotopic (exact) mass is 178 g/mol. The van der Waals surface area contributed by atoms with E-state index >= 15 is 0 Å². The van der Waals surface area contributed by atoms with Crippen LogP contribution in [0, 0.1) is 0 Å². The molecule has 1 aromatic heterocycles. The van der Waals surface area contributed by atoms with Crippen LogP contribution < -0.4 is 3.96 Å². The van der Waals surface area contributed by atoms with E-state index in [1.165, 1.54) is 10.1 Å². The van der Waals surface area contributed by atoms with Crippen LogP contribution in [0.15, 0.2) is 30.5 Å². The first-order valence-corrected chi connectivity index (χ1v) is 4.95. The van der Waals surface area contributed by atoms with Gasteiger partial charge in [-0.3, -0.25) is 0 Å². The van der Waals surface area contributed by atoms with Crippen LogP contribution >= 0.6 is 11.5 Å². The largest absolute Gasteiger partial charge is 0.192 e. The van der Waals surface area contributed by atoms with E-state index in [0.29, 0.717) is 6.04 Å². The third kappa shape index (κ3) is 1.23. The van der Waals surface area contributed by atoms with Crippen molar-refractivity contribution in [3.8, 4) is 0 Å². The van der Waals surface area contributed by atoms with Gasteiger partial charge in [0.2, 0.25) is 0 Å². The molecule has 12 heavy (non-hydrogen) atoms. The first-order chi connectivity index (χ1) is 5.77. The Morgan fingerprint density at radius 3 is 2.67 bits per heavy atom. The fraction of sp³-hybridized carbons (Fsp3) is 0.300. The van der Waals surface area contributed by atoms with E-state index in [2.05, 4.69) is 48.3 Å². The molecule has 0 aliphatic rings. The van der Waals surface area contributed by atoms with Crippen LogP contribution in [0.5, 0.6) is 0 Å². The smallest absolute Gasteiger partial charge is 0.138 e. The van der Waals surface area contributed by atoms with E-state index in [4.69, 9.17) is 0 Å². The maximum atomic E-state index is 2.28. The van der Waals surface area contributed by atoms with Crippen molar-refractivity contribution in [3.63, 3.8) is 0 Å².